The Morgan fingerprint density at radius 1 is 1.23 bits per heavy atom. The molecule has 0 saturated heterocycles. The molecule has 0 radical (unpaired) electrons. The average molecular weight is 370 g/mol. The molecule has 6 nitrogen and oxygen atoms in total. The smallest absolute Gasteiger partial charge is 0.228 e. The Balaban J connectivity index is 1.72. The maximum absolute atomic E-state index is 12.5. The number of hydrogen-bond donors (Lipinski definition) is 1. The molecule has 1 amide bonds. The lowest BCUT2D eigenvalue weighted by Crippen LogP contribution is -2.15. The molecule has 2 heterocycles. The van der Waals surface area contributed by atoms with Gasteiger partial charge in [0.05, 0.1) is 24.4 Å². The highest BCUT2D eigenvalue weighted by Crippen LogP contribution is 2.22. The van der Waals surface area contributed by atoms with E-state index in [0.29, 0.717) is 6.61 Å². The zero-order valence-corrected chi connectivity index (χ0v) is 16.2. The summed E-state index contributed by atoms with van der Waals surface area (Å²) < 4.78 is 7.22. The minimum Gasteiger partial charge on any atom is -0.494 e. The van der Waals surface area contributed by atoms with Gasteiger partial charge in [-0.2, -0.15) is 5.10 Å². The number of rotatable bonds is 6. The molecule has 136 valence electrons. The Labute approximate surface area is 156 Å². The summed E-state index contributed by atoms with van der Waals surface area (Å²) in [7, 11) is 0. The topological polar surface area (TPSA) is 69.0 Å². The molecule has 0 atom stereocenters. The molecule has 3 rings (SSSR count). The molecule has 2 aromatic heterocycles. The van der Waals surface area contributed by atoms with Gasteiger partial charge in [0.25, 0.3) is 0 Å². The van der Waals surface area contributed by atoms with Gasteiger partial charge in [0.2, 0.25) is 11.0 Å². The number of carbonyl (C=O) groups excluding carboxylic acids is 1. The maximum atomic E-state index is 12.5. The lowest BCUT2D eigenvalue weighted by molar-refractivity contribution is -0.115. The fourth-order valence-corrected chi connectivity index (χ4v) is 3.53. The second-order valence-corrected chi connectivity index (χ2v) is 6.85. The van der Waals surface area contributed by atoms with Crippen molar-refractivity contribution in [3.05, 3.63) is 52.3 Å². The van der Waals surface area contributed by atoms with Gasteiger partial charge in [-0.3, -0.25) is 4.79 Å². The number of aromatic nitrogens is 3. The van der Waals surface area contributed by atoms with Gasteiger partial charge in [0.1, 0.15) is 5.75 Å². The predicted octanol–water partition coefficient (Wildman–Crippen LogP) is 3.83. The lowest BCUT2D eigenvalue weighted by atomic mass is 10.1. The third-order valence-corrected chi connectivity index (χ3v) is 4.95. The van der Waals surface area contributed by atoms with E-state index in [1.165, 1.54) is 0 Å². The van der Waals surface area contributed by atoms with Crippen molar-refractivity contribution in [1.29, 1.82) is 0 Å². The maximum Gasteiger partial charge on any atom is 0.228 e. The van der Waals surface area contributed by atoms with Gasteiger partial charge >= 0.3 is 0 Å². The van der Waals surface area contributed by atoms with E-state index in [4.69, 9.17) is 4.74 Å². The summed E-state index contributed by atoms with van der Waals surface area (Å²) in [5.41, 5.74) is 4.43. The number of benzene rings is 1. The summed E-state index contributed by atoms with van der Waals surface area (Å²) in [6, 6.07) is 7.37. The standard InChI is InChI=1S/C19H22N4O2S/c1-5-25-16-8-6-15(7-9-16)21-18(24)10-17-13(3)22-23(14(17)4)19-20-12(2)11-26-19/h6-9,11H,5,10H2,1-4H3,(H,21,24). The van der Waals surface area contributed by atoms with Crippen molar-refractivity contribution in [2.24, 2.45) is 0 Å². The monoisotopic (exact) mass is 370 g/mol. The molecule has 1 N–H and O–H groups in total. The lowest BCUT2D eigenvalue weighted by Gasteiger charge is -2.07. The summed E-state index contributed by atoms with van der Waals surface area (Å²) in [4.78, 5) is 16.9. The van der Waals surface area contributed by atoms with Crippen LogP contribution < -0.4 is 10.1 Å². The second-order valence-electron chi connectivity index (χ2n) is 6.01. The van der Waals surface area contributed by atoms with E-state index in [1.807, 2.05) is 62.0 Å². The Bertz CT molecular complexity index is 912. The van der Waals surface area contributed by atoms with Crippen LogP contribution in [0.5, 0.6) is 5.75 Å². The third-order valence-electron chi connectivity index (χ3n) is 4.02. The molecule has 0 fully saturated rings. The first-order valence-electron chi connectivity index (χ1n) is 8.48. The Morgan fingerprint density at radius 2 is 1.96 bits per heavy atom. The van der Waals surface area contributed by atoms with Crippen LogP contribution in [0, 0.1) is 20.8 Å². The fraction of sp³-hybridized carbons (Fsp3) is 0.316. The van der Waals surface area contributed by atoms with E-state index >= 15 is 0 Å². The quantitative estimate of drug-likeness (QED) is 0.716. The van der Waals surface area contributed by atoms with E-state index in [0.717, 1.165) is 39.2 Å². The van der Waals surface area contributed by atoms with Crippen molar-refractivity contribution in [2.75, 3.05) is 11.9 Å². The first kappa shape index (κ1) is 18.1. The molecule has 0 aliphatic carbocycles. The molecule has 7 heteroatoms. The zero-order valence-electron chi connectivity index (χ0n) is 15.4. The number of nitrogens with one attached hydrogen (secondary N) is 1. The number of anilines is 1. The Hall–Kier alpha value is -2.67. The van der Waals surface area contributed by atoms with Crippen LogP contribution >= 0.6 is 11.3 Å². The Morgan fingerprint density at radius 3 is 2.58 bits per heavy atom. The van der Waals surface area contributed by atoms with Crippen LogP contribution in [0.25, 0.3) is 5.13 Å². The fourth-order valence-electron chi connectivity index (χ4n) is 2.72. The predicted molar refractivity (Wildman–Crippen MR) is 103 cm³/mol. The summed E-state index contributed by atoms with van der Waals surface area (Å²) in [5, 5.41) is 10.3. The largest absolute Gasteiger partial charge is 0.494 e. The number of aryl methyl sites for hydroxylation is 2. The number of hydrogen-bond acceptors (Lipinski definition) is 5. The number of thiazole rings is 1. The summed E-state index contributed by atoms with van der Waals surface area (Å²) in [6.45, 7) is 8.40. The minimum absolute atomic E-state index is 0.0739. The summed E-state index contributed by atoms with van der Waals surface area (Å²) >= 11 is 1.54. The van der Waals surface area contributed by atoms with Crippen LogP contribution in [0.2, 0.25) is 0 Å². The van der Waals surface area contributed by atoms with Gasteiger partial charge in [0.15, 0.2) is 0 Å². The van der Waals surface area contributed by atoms with Crippen molar-refractivity contribution in [2.45, 2.75) is 34.1 Å². The van der Waals surface area contributed by atoms with Crippen molar-refractivity contribution < 1.29 is 9.53 Å². The number of amides is 1. The van der Waals surface area contributed by atoms with Crippen LogP contribution in [0.4, 0.5) is 5.69 Å². The summed E-state index contributed by atoms with van der Waals surface area (Å²) in [6.07, 6.45) is 0.273. The molecule has 0 aliphatic rings. The van der Waals surface area contributed by atoms with Crippen molar-refractivity contribution in [3.8, 4) is 10.9 Å². The molecule has 1 aromatic carbocycles. The van der Waals surface area contributed by atoms with Gasteiger partial charge in [-0.25, -0.2) is 9.67 Å². The number of ether oxygens (including phenoxy) is 1. The highest BCUT2D eigenvalue weighted by molar-refractivity contribution is 7.12. The van der Waals surface area contributed by atoms with E-state index < -0.39 is 0 Å². The van der Waals surface area contributed by atoms with Gasteiger partial charge in [-0.1, -0.05) is 0 Å². The van der Waals surface area contributed by atoms with Crippen molar-refractivity contribution >= 4 is 22.9 Å². The van der Waals surface area contributed by atoms with E-state index in [2.05, 4.69) is 15.4 Å². The third kappa shape index (κ3) is 3.94. The highest BCUT2D eigenvalue weighted by atomic mass is 32.1. The van der Waals surface area contributed by atoms with Crippen molar-refractivity contribution in [1.82, 2.24) is 14.8 Å². The first-order chi connectivity index (χ1) is 12.5. The molecule has 3 aromatic rings. The Kier molecular flexibility index (Phi) is 5.37. The molecular formula is C19H22N4O2S. The molecular weight excluding hydrogens is 348 g/mol. The average Bonchev–Trinajstić information content (AvgIpc) is 3.15. The summed E-state index contributed by atoms with van der Waals surface area (Å²) in [5.74, 6) is 0.715. The van der Waals surface area contributed by atoms with E-state index in [9.17, 15) is 4.79 Å². The normalized spacial score (nSPS) is 10.8. The number of nitrogens with zero attached hydrogens (tertiary/aromatic N) is 3. The van der Waals surface area contributed by atoms with Gasteiger partial charge in [-0.15, -0.1) is 11.3 Å². The highest BCUT2D eigenvalue weighted by Gasteiger charge is 2.17. The molecule has 26 heavy (non-hydrogen) atoms. The van der Waals surface area contributed by atoms with Gasteiger partial charge in [0, 0.05) is 22.3 Å². The van der Waals surface area contributed by atoms with Crippen LogP contribution in [0.1, 0.15) is 29.6 Å². The molecule has 0 bridgehead atoms. The molecule has 0 aliphatic heterocycles. The molecule has 0 unspecified atom stereocenters. The minimum atomic E-state index is -0.0739. The van der Waals surface area contributed by atoms with E-state index in [1.54, 1.807) is 11.3 Å². The SMILES string of the molecule is CCOc1ccc(NC(=O)Cc2c(C)nn(-c3nc(C)cs3)c2C)cc1. The zero-order chi connectivity index (χ0) is 18.7. The van der Waals surface area contributed by atoms with Crippen LogP contribution in [0.15, 0.2) is 29.6 Å². The van der Waals surface area contributed by atoms with Crippen LogP contribution in [-0.2, 0) is 11.2 Å². The van der Waals surface area contributed by atoms with Crippen molar-refractivity contribution in [3.63, 3.8) is 0 Å². The van der Waals surface area contributed by atoms with Gasteiger partial charge < -0.3 is 10.1 Å². The number of carbonyl (C=O) groups is 1. The van der Waals surface area contributed by atoms with Gasteiger partial charge in [-0.05, 0) is 52.0 Å². The van der Waals surface area contributed by atoms with Crippen LogP contribution in [0.3, 0.4) is 0 Å². The molecule has 0 saturated carbocycles. The van der Waals surface area contributed by atoms with Crippen LogP contribution in [-0.4, -0.2) is 27.3 Å². The van der Waals surface area contributed by atoms with E-state index in [-0.39, 0.29) is 12.3 Å². The molecule has 0 spiro atoms. The first-order valence-corrected chi connectivity index (χ1v) is 9.36. The second kappa shape index (κ2) is 7.70.